The zero-order valence-electron chi connectivity index (χ0n) is 9.08. The summed E-state index contributed by atoms with van der Waals surface area (Å²) >= 11 is 0. The van der Waals surface area contributed by atoms with Crippen LogP contribution in [0.3, 0.4) is 0 Å². The molecule has 0 rings (SSSR count). The average molecular weight is 244 g/mol. The van der Waals surface area contributed by atoms with Crippen LogP contribution in [0.2, 0.25) is 0 Å². The first kappa shape index (κ1) is 15.0. The van der Waals surface area contributed by atoms with Gasteiger partial charge in [0.1, 0.15) is 0 Å². The van der Waals surface area contributed by atoms with Crippen LogP contribution in [-0.4, -0.2) is 40.5 Å². The van der Waals surface area contributed by atoms with E-state index in [1.54, 1.807) is 0 Å². The lowest BCUT2D eigenvalue weighted by Gasteiger charge is -2.15. The highest BCUT2D eigenvalue weighted by Gasteiger charge is 2.30. The molecule has 0 heterocycles. The molecule has 2 N–H and O–H groups in total. The number of ether oxygens (including phenoxy) is 2. The predicted octanol–water partition coefficient (Wildman–Crippen LogP) is -0.959. The summed E-state index contributed by atoms with van der Waals surface area (Å²) in [5.74, 6) is -3.56. The second-order valence-corrected chi connectivity index (χ2v) is 2.97. The molecule has 2 atom stereocenters. The van der Waals surface area contributed by atoms with Crippen molar-refractivity contribution in [2.24, 2.45) is 0 Å². The fourth-order valence-electron chi connectivity index (χ4n) is 0.587. The van der Waals surface area contributed by atoms with Gasteiger partial charge in [-0.2, -0.15) is 0 Å². The molecule has 0 spiro atoms. The summed E-state index contributed by atoms with van der Waals surface area (Å²) in [6.45, 7) is 7.53. The third kappa shape index (κ3) is 5.05. The highest BCUT2D eigenvalue weighted by molar-refractivity contribution is 5.96. The van der Waals surface area contributed by atoms with Gasteiger partial charge in [0, 0.05) is 11.6 Å². The Balaban J connectivity index is 4.39. The lowest BCUT2D eigenvalue weighted by atomic mass is 10.3. The maximum absolute atomic E-state index is 11.1. The number of hydrogen-bond donors (Lipinski definition) is 2. The Morgan fingerprint density at radius 3 is 2.24 bits per heavy atom. The fraction of sp³-hybridized carbons (Fsp3) is 0.300. The van der Waals surface area contributed by atoms with E-state index in [-0.39, 0.29) is 5.57 Å². The summed E-state index contributed by atoms with van der Waals surface area (Å²) in [5.41, 5.74) is -0.0665. The monoisotopic (exact) mass is 244 g/mol. The molecule has 0 bridgehead atoms. The summed E-state index contributed by atoms with van der Waals surface area (Å²) in [7, 11) is 0. The van der Waals surface area contributed by atoms with Crippen LogP contribution >= 0.6 is 0 Å². The number of aliphatic hydroxyl groups is 2. The maximum atomic E-state index is 11.1. The van der Waals surface area contributed by atoms with Gasteiger partial charge in [-0.3, -0.25) is 0 Å². The third-order valence-corrected chi connectivity index (χ3v) is 1.46. The molecule has 7 nitrogen and oxygen atoms in total. The van der Waals surface area contributed by atoms with Crippen LogP contribution in [0.1, 0.15) is 6.92 Å². The van der Waals surface area contributed by atoms with Crippen molar-refractivity contribution >= 4 is 17.9 Å². The average Bonchev–Trinajstić information content (AvgIpc) is 2.27. The minimum absolute atomic E-state index is 0.0665. The van der Waals surface area contributed by atoms with E-state index in [1.807, 2.05) is 0 Å². The molecule has 0 radical (unpaired) electrons. The highest BCUT2D eigenvalue weighted by Crippen LogP contribution is 2.02. The van der Waals surface area contributed by atoms with Crippen LogP contribution in [0.4, 0.5) is 0 Å². The van der Waals surface area contributed by atoms with Crippen molar-refractivity contribution in [2.75, 3.05) is 0 Å². The van der Waals surface area contributed by atoms with Gasteiger partial charge in [0.05, 0.1) is 0 Å². The van der Waals surface area contributed by atoms with Crippen molar-refractivity contribution in [3.8, 4) is 0 Å². The van der Waals surface area contributed by atoms with Crippen molar-refractivity contribution < 1.29 is 34.1 Å². The SMILES string of the molecule is C=CC(=O)OC(O)C(O)C(=O)OC(=O)C(=C)C. The van der Waals surface area contributed by atoms with Gasteiger partial charge in [-0.15, -0.1) is 0 Å². The molecular weight excluding hydrogens is 232 g/mol. The van der Waals surface area contributed by atoms with Gasteiger partial charge >= 0.3 is 17.9 Å². The minimum atomic E-state index is -2.19. The molecule has 0 saturated carbocycles. The van der Waals surface area contributed by atoms with E-state index in [9.17, 15) is 14.4 Å². The number of rotatable bonds is 5. The molecule has 0 aromatic rings. The molecule has 7 heteroatoms. The van der Waals surface area contributed by atoms with E-state index < -0.39 is 30.3 Å². The zero-order valence-corrected chi connectivity index (χ0v) is 9.08. The van der Waals surface area contributed by atoms with Gasteiger partial charge in [0.15, 0.2) is 0 Å². The first-order valence-electron chi connectivity index (χ1n) is 4.40. The summed E-state index contributed by atoms with van der Waals surface area (Å²) in [4.78, 5) is 32.6. The van der Waals surface area contributed by atoms with Gasteiger partial charge in [-0.05, 0) is 6.92 Å². The molecule has 0 fully saturated rings. The van der Waals surface area contributed by atoms with E-state index in [1.165, 1.54) is 6.92 Å². The Hall–Kier alpha value is -1.99. The summed E-state index contributed by atoms with van der Waals surface area (Å²) in [6.07, 6.45) is -3.62. The molecule has 0 saturated heterocycles. The molecule has 2 unspecified atom stereocenters. The Morgan fingerprint density at radius 2 is 1.82 bits per heavy atom. The molecule has 94 valence electrons. The van der Waals surface area contributed by atoms with E-state index in [0.29, 0.717) is 0 Å². The van der Waals surface area contributed by atoms with Crippen molar-refractivity contribution in [3.05, 3.63) is 24.8 Å². The van der Waals surface area contributed by atoms with Crippen molar-refractivity contribution in [1.82, 2.24) is 0 Å². The van der Waals surface area contributed by atoms with Crippen LogP contribution in [0.15, 0.2) is 24.8 Å². The van der Waals surface area contributed by atoms with Crippen LogP contribution in [0, 0.1) is 0 Å². The Kier molecular flexibility index (Phi) is 5.79. The standard InChI is InChI=1S/C10H12O7/c1-4-6(11)16-9(14)7(12)10(15)17-8(13)5(2)3/h4,7,9,12,14H,1-2H2,3H3. The van der Waals surface area contributed by atoms with E-state index in [2.05, 4.69) is 22.6 Å². The molecule has 0 aliphatic carbocycles. The topological polar surface area (TPSA) is 110 Å². The van der Waals surface area contributed by atoms with Gasteiger partial charge in [-0.1, -0.05) is 13.2 Å². The van der Waals surface area contributed by atoms with Crippen LogP contribution < -0.4 is 0 Å². The van der Waals surface area contributed by atoms with Gasteiger partial charge < -0.3 is 19.7 Å². The van der Waals surface area contributed by atoms with Crippen LogP contribution in [0.5, 0.6) is 0 Å². The molecule has 17 heavy (non-hydrogen) atoms. The summed E-state index contributed by atoms with van der Waals surface area (Å²) in [5, 5.41) is 18.2. The summed E-state index contributed by atoms with van der Waals surface area (Å²) in [6, 6.07) is 0. The van der Waals surface area contributed by atoms with Gasteiger partial charge in [0.25, 0.3) is 0 Å². The van der Waals surface area contributed by atoms with E-state index in [0.717, 1.165) is 6.08 Å². The fourth-order valence-corrected chi connectivity index (χ4v) is 0.587. The molecule has 0 aromatic heterocycles. The Bertz CT molecular complexity index is 358. The quantitative estimate of drug-likeness (QED) is 0.277. The molecule has 0 aliphatic heterocycles. The number of hydrogen-bond acceptors (Lipinski definition) is 7. The lowest BCUT2D eigenvalue weighted by molar-refractivity contribution is -0.194. The number of carbonyl (C=O) groups is 3. The van der Waals surface area contributed by atoms with Crippen LogP contribution in [0.25, 0.3) is 0 Å². The summed E-state index contributed by atoms with van der Waals surface area (Å²) < 4.78 is 8.24. The molecule has 0 aliphatic rings. The number of carbonyl (C=O) groups excluding carboxylic acids is 3. The van der Waals surface area contributed by atoms with Gasteiger partial charge in [-0.25, -0.2) is 14.4 Å². The Labute approximate surface area is 96.9 Å². The largest absolute Gasteiger partial charge is 0.429 e. The Morgan fingerprint density at radius 1 is 1.29 bits per heavy atom. The van der Waals surface area contributed by atoms with E-state index >= 15 is 0 Å². The maximum Gasteiger partial charge on any atom is 0.349 e. The number of esters is 3. The van der Waals surface area contributed by atoms with Crippen molar-refractivity contribution in [3.63, 3.8) is 0 Å². The normalized spacial score (nSPS) is 13.1. The minimum Gasteiger partial charge on any atom is -0.429 e. The van der Waals surface area contributed by atoms with E-state index in [4.69, 9.17) is 10.2 Å². The second-order valence-electron chi connectivity index (χ2n) is 2.97. The van der Waals surface area contributed by atoms with Crippen LogP contribution in [-0.2, 0) is 23.9 Å². The predicted molar refractivity (Wildman–Crippen MR) is 54.2 cm³/mol. The first-order chi connectivity index (χ1) is 7.79. The second kappa shape index (κ2) is 6.56. The van der Waals surface area contributed by atoms with Crippen molar-refractivity contribution in [1.29, 1.82) is 0 Å². The molecule has 0 aromatic carbocycles. The van der Waals surface area contributed by atoms with Crippen molar-refractivity contribution in [2.45, 2.75) is 19.3 Å². The highest BCUT2D eigenvalue weighted by atomic mass is 16.7. The molecular formula is C10H12O7. The third-order valence-electron chi connectivity index (χ3n) is 1.46. The smallest absolute Gasteiger partial charge is 0.349 e. The zero-order chi connectivity index (χ0) is 13.6. The van der Waals surface area contributed by atoms with Gasteiger partial charge in [0.2, 0.25) is 12.4 Å². The number of aliphatic hydroxyl groups excluding tert-OH is 2. The lowest BCUT2D eigenvalue weighted by Crippen LogP contribution is -2.39. The first-order valence-corrected chi connectivity index (χ1v) is 4.40. The molecule has 0 amide bonds.